The molecule has 0 fully saturated rings. The van der Waals surface area contributed by atoms with Gasteiger partial charge in [-0.15, -0.1) is 0 Å². The molecule has 0 bridgehead atoms. The predicted molar refractivity (Wildman–Crippen MR) is 247 cm³/mol. The van der Waals surface area contributed by atoms with Crippen LogP contribution in [0.25, 0.3) is 44.5 Å². The predicted octanol–water partition coefficient (Wildman–Crippen LogP) is 15.9. The Kier molecular flexibility index (Phi) is 10.2. The van der Waals surface area contributed by atoms with E-state index in [0.29, 0.717) is 0 Å². The molecule has 0 spiro atoms. The van der Waals surface area contributed by atoms with Gasteiger partial charge in [0.25, 0.3) is 0 Å². The maximum Gasteiger partial charge on any atom is 0.0462 e. The first-order chi connectivity index (χ1) is 28.6. The van der Waals surface area contributed by atoms with Gasteiger partial charge in [0.15, 0.2) is 0 Å². The van der Waals surface area contributed by atoms with E-state index in [2.05, 4.69) is 254 Å². The maximum atomic E-state index is 2.34. The second kappa shape index (κ2) is 16.4. The van der Waals surface area contributed by atoms with Crippen molar-refractivity contribution in [1.82, 2.24) is 0 Å². The molecule has 0 radical (unpaired) electrons. The van der Waals surface area contributed by atoms with Crippen molar-refractivity contribution in [3.05, 3.63) is 242 Å². The van der Waals surface area contributed by atoms with Crippen LogP contribution in [-0.2, 0) is 0 Å². The molecule has 9 aromatic rings. The molecule has 0 N–H and O–H groups in total. The Morgan fingerprint density at radius 1 is 0.224 bits per heavy atom. The SMILES string of the molecule is Cc1cc(-c2ccc(N(c3ccccc3)c3ccc(-c4ccccc4)cc3)cc2)c(C)cc1-c1ccc(N(c2ccccc2)c2ccc(-c3ccccc3)cc2)cc1. The largest absolute Gasteiger partial charge is 0.311 e. The zero-order valence-corrected chi connectivity index (χ0v) is 32.8. The molecule has 2 heteroatoms. The van der Waals surface area contributed by atoms with E-state index in [1.165, 1.54) is 55.6 Å². The summed E-state index contributed by atoms with van der Waals surface area (Å²) in [5, 5.41) is 0. The van der Waals surface area contributed by atoms with Crippen molar-refractivity contribution in [2.45, 2.75) is 13.8 Å². The number of hydrogen-bond donors (Lipinski definition) is 0. The number of benzene rings is 9. The first-order valence-electron chi connectivity index (χ1n) is 19.9. The minimum atomic E-state index is 1.12. The summed E-state index contributed by atoms with van der Waals surface area (Å²) in [5.41, 5.74) is 19.0. The normalized spacial score (nSPS) is 10.9. The Labute approximate surface area is 342 Å². The molecule has 58 heavy (non-hydrogen) atoms. The van der Waals surface area contributed by atoms with Crippen LogP contribution in [0.5, 0.6) is 0 Å². The van der Waals surface area contributed by atoms with Gasteiger partial charge in [-0.05, 0) is 142 Å². The van der Waals surface area contributed by atoms with Crippen LogP contribution in [0, 0.1) is 13.8 Å². The van der Waals surface area contributed by atoms with Gasteiger partial charge in [0.2, 0.25) is 0 Å². The summed E-state index contributed by atoms with van der Waals surface area (Å²) >= 11 is 0. The number of rotatable bonds is 10. The Hall–Kier alpha value is -7.42. The molecule has 9 rings (SSSR count). The van der Waals surface area contributed by atoms with Crippen LogP contribution in [0.3, 0.4) is 0 Å². The molecular formula is C56H44N2. The van der Waals surface area contributed by atoms with Gasteiger partial charge in [-0.3, -0.25) is 0 Å². The third kappa shape index (κ3) is 7.56. The van der Waals surface area contributed by atoms with Crippen molar-refractivity contribution in [2.75, 3.05) is 9.80 Å². The second-order valence-corrected chi connectivity index (χ2v) is 14.7. The van der Waals surface area contributed by atoms with Crippen molar-refractivity contribution in [2.24, 2.45) is 0 Å². The van der Waals surface area contributed by atoms with Crippen molar-refractivity contribution >= 4 is 34.1 Å². The summed E-state index contributed by atoms with van der Waals surface area (Å²) in [7, 11) is 0. The van der Waals surface area contributed by atoms with Crippen LogP contribution < -0.4 is 9.80 Å². The van der Waals surface area contributed by atoms with E-state index in [1.54, 1.807) is 0 Å². The van der Waals surface area contributed by atoms with E-state index in [0.717, 1.165) is 34.1 Å². The Bertz CT molecular complexity index is 2530. The lowest BCUT2D eigenvalue weighted by atomic mass is 9.91. The fraction of sp³-hybridized carbons (Fsp3) is 0.0357. The maximum absolute atomic E-state index is 2.34. The van der Waals surface area contributed by atoms with Gasteiger partial charge in [-0.2, -0.15) is 0 Å². The van der Waals surface area contributed by atoms with Crippen molar-refractivity contribution in [3.63, 3.8) is 0 Å². The summed E-state index contributed by atoms with van der Waals surface area (Å²) < 4.78 is 0. The average molecular weight is 745 g/mol. The topological polar surface area (TPSA) is 6.48 Å². The lowest BCUT2D eigenvalue weighted by molar-refractivity contribution is 1.28. The van der Waals surface area contributed by atoms with Crippen molar-refractivity contribution < 1.29 is 0 Å². The van der Waals surface area contributed by atoms with Gasteiger partial charge < -0.3 is 9.80 Å². The summed E-state index contributed by atoms with van der Waals surface area (Å²) in [4.78, 5) is 4.64. The highest BCUT2D eigenvalue weighted by atomic mass is 15.1. The molecule has 278 valence electrons. The summed E-state index contributed by atoms with van der Waals surface area (Å²) in [6, 6.07) is 82.6. The average Bonchev–Trinajstić information content (AvgIpc) is 3.30. The van der Waals surface area contributed by atoms with Crippen LogP contribution in [0.2, 0.25) is 0 Å². The van der Waals surface area contributed by atoms with Crippen LogP contribution in [0.1, 0.15) is 11.1 Å². The van der Waals surface area contributed by atoms with E-state index < -0.39 is 0 Å². The minimum Gasteiger partial charge on any atom is -0.311 e. The van der Waals surface area contributed by atoms with Gasteiger partial charge in [0.05, 0.1) is 0 Å². The molecule has 0 aliphatic rings. The zero-order chi connectivity index (χ0) is 39.3. The monoisotopic (exact) mass is 744 g/mol. The van der Waals surface area contributed by atoms with Crippen molar-refractivity contribution in [1.29, 1.82) is 0 Å². The fourth-order valence-corrected chi connectivity index (χ4v) is 7.93. The van der Waals surface area contributed by atoms with E-state index >= 15 is 0 Å². The summed E-state index contributed by atoms with van der Waals surface area (Å²) in [5.74, 6) is 0. The number of hydrogen-bond acceptors (Lipinski definition) is 2. The molecule has 0 unspecified atom stereocenters. The highest BCUT2D eigenvalue weighted by molar-refractivity contribution is 5.83. The van der Waals surface area contributed by atoms with Gasteiger partial charge >= 0.3 is 0 Å². The second-order valence-electron chi connectivity index (χ2n) is 14.7. The summed E-state index contributed by atoms with van der Waals surface area (Å²) in [6.45, 7) is 4.45. The Morgan fingerprint density at radius 2 is 0.448 bits per heavy atom. The molecule has 0 saturated heterocycles. The molecule has 2 nitrogen and oxygen atoms in total. The molecule has 9 aromatic carbocycles. The molecule has 0 saturated carbocycles. The molecule has 0 aliphatic carbocycles. The fourth-order valence-electron chi connectivity index (χ4n) is 7.93. The van der Waals surface area contributed by atoms with Gasteiger partial charge in [-0.1, -0.05) is 158 Å². The van der Waals surface area contributed by atoms with E-state index in [4.69, 9.17) is 0 Å². The first kappa shape index (κ1) is 36.2. The van der Waals surface area contributed by atoms with Gasteiger partial charge in [0.1, 0.15) is 0 Å². The smallest absolute Gasteiger partial charge is 0.0462 e. The van der Waals surface area contributed by atoms with Crippen molar-refractivity contribution in [3.8, 4) is 44.5 Å². The quantitative estimate of drug-likeness (QED) is 0.138. The molecule has 0 amide bonds. The Balaban J connectivity index is 0.983. The Morgan fingerprint density at radius 3 is 0.741 bits per heavy atom. The van der Waals surface area contributed by atoms with E-state index in [-0.39, 0.29) is 0 Å². The van der Waals surface area contributed by atoms with E-state index in [1.807, 2.05) is 0 Å². The van der Waals surface area contributed by atoms with Crippen LogP contribution in [-0.4, -0.2) is 0 Å². The zero-order valence-electron chi connectivity index (χ0n) is 32.8. The standard InChI is InChI=1S/C56H44N2/c1-41-39-56(48-29-37-54(38-30-48)58(50-21-13-6-14-22-50)52-33-25-46(26-34-52)44-17-9-4-10-18-44)42(2)40-55(41)47-27-35-53(36-28-47)57(49-19-11-5-12-20-49)51-31-23-45(24-32-51)43-15-7-3-8-16-43/h3-40H,1-2H3. The van der Waals surface area contributed by atoms with Gasteiger partial charge in [-0.25, -0.2) is 0 Å². The summed E-state index contributed by atoms with van der Waals surface area (Å²) in [6.07, 6.45) is 0. The lowest BCUT2D eigenvalue weighted by Gasteiger charge is -2.26. The number of aryl methyl sites for hydroxylation is 2. The lowest BCUT2D eigenvalue weighted by Crippen LogP contribution is -2.09. The van der Waals surface area contributed by atoms with Crippen LogP contribution >= 0.6 is 0 Å². The molecule has 0 aliphatic heterocycles. The first-order valence-corrected chi connectivity index (χ1v) is 19.9. The highest BCUT2D eigenvalue weighted by Crippen LogP contribution is 2.40. The molecule has 0 atom stereocenters. The number of para-hydroxylation sites is 2. The van der Waals surface area contributed by atoms with Crippen LogP contribution in [0.4, 0.5) is 34.1 Å². The third-order valence-corrected chi connectivity index (χ3v) is 10.9. The van der Waals surface area contributed by atoms with Crippen LogP contribution in [0.15, 0.2) is 231 Å². The molecule has 0 aromatic heterocycles. The number of nitrogens with zero attached hydrogens (tertiary/aromatic N) is 2. The third-order valence-electron chi connectivity index (χ3n) is 10.9. The highest BCUT2D eigenvalue weighted by Gasteiger charge is 2.16. The number of anilines is 6. The van der Waals surface area contributed by atoms with Gasteiger partial charge in [0, 0.05) is 34.1 Å². The molecule has 0 heterocycles. The molecular weight excluding hydrogens is 701 g/mol. The minimum absolute atomic E-state index is 1.12. The van der Waals surface area contributed by atoms with E-state index in [9.17, 15) is 0 Å².